The summed E-state index contributed by atoms with van der Waals surface area (Å²) < 4.78 is 35.1. The second kappa shape index (κ2) is 8.77. The molecule has 0 fully saturated rings. The predicted molar refractivity (Wildman–Crippen MR) is 103 cm³/mol. The standard InChI is InChI=1S/C18H32O5SSi/c1-15-9-11-17(12-10-15)24(20,21)22-14-16(19)8-7-13-23-25(5,6)18(2,3)4/h9-12,16,19H,7-8,13-14H2,1-6H3/t16-/m0/s1. The summed E-state index contributed by atoms with van der Waals surface area (Å²) in [5.41, 5.74) is 0.973. The summed E-state index contributed by atoms with van der Waals surface area (Å²) in [7, 11) is -5.61. The van der Waals surface area contributed by atoms with Gasteiger partial charge in [-0.1, -0.05) is 38.5 Å². The zero-order valence-electron chi connectivity index (χ0n) is 16.2. The molecule has 1 N–H and O–H groups in total. The van der Waals surface area contributed by atoms with Crippen molar-refractivity contribution in [3.63, 3.8) is 0 Å². The van der Waals surface area contributed by atoms with Crippen molar-refractivity contribution in [1.82, 2.24) is 0 Å². The third kappa shape index (κ3) is 7.19. The average Bonchev–Trinajstić information content (AvgIpc) is 2.49. The number of aliphatic hydroxyl groups is 1. The Morgan fingerprint density at radius 1 is 1.16 bits per heavy atom. The van der Waals surface area contributed by atoms with Gasteiger partial charge in [0.15, 0.2) is 8.32 Å². The van der Waals surface area contributed by atoms with Crippen LogP contribution in [0.3, 0.4) is 0 Å². The van der Waals surface area contributed by atoms with Crippen LogP contribution in [0.1, 0.15) is 39.2 Å². The van der Waals surface area contributed by atoms with Crippen molar-refractivity contribution < 1.29 is 22.1 Å². The van der Waals surface area contributed by atoms with E-state index in [0.717, 1.165) is 5.56 Å². The maximum Gasteiger partial charge on any atom is 0.297 e. The van der Waals surface area contributed by atoms with Crippen molar-refractivity contribution in [1.29, 1.82) is 0 Å². The molecule has 1 atom stereocenters. The van der Waals surface area contributed by atoms with Crippen LogP contribution in [0.15, 0.2) is 29.2 Å². The highest BCUT2D eigenvalue weighted by Crippen LogP contribution is 2.36. The lowest BCUT2D eigenvalue weighted by atomic mass is 10.2. The van der Waals surface area contributed by atoms with E-state index >= 15 is 0 Å². The molecule has 144 valence electrons. The Morgan fingerprint density at radius 3 is 2.24 bits per heavy atom. The van der Waals surface area contributed by atoms with Crippen LogP contribution in [0.2, 0.25) is 18.1 Å². The van der Waals surface area contributed by atoms with Crippen LogP contribution in [0.5, 0.6) is 0 Å². The minimum absolute atomic E-state index is 0.103. The number of benzene rings is 1. The number of aliphatic hydroxyl groups excluding tert-OH is 1. The molecule has 0 aliphatic rings. The van der Waals surface area contributed by atoms with Gasteiger partial charge >= 0.3 is 0 Å². The molecule has 0 bridgehead atoms. The fraction of sp³-hybridized carbons (Fsp3) is 0.667. The lowest BCUT2D eigenvalue weighted by Gasteiger charge is -2.36. The van der Waals surface area contributed by atoms with Crippen molar-refractivity contribution in [2.45, 2.75) is 69.7 Å². The SMILES string of the molecule is Cc1ccc(S(=O)(=O)OC[C@@H](O)CCCO[Si](C)(C)C(C)(C)C)cc1. The average molecular weight is 389 g/mol. The van der Waals surface area contributed by atoms with E-state index in [4.69, 9.17) is 8.61 Å². The molecule has 1 aromatic carbocycles. The lowest BCUT2D eigenvalue weighted by molar-refractivity contribution is 0.0958. The fourth-order valence-electron chi connectivity index (χ4n) is 1.89. The molecule has 7 heteroatoms. The van der Waals surface area contributed by atoms with E-state index in [1.165, 1.54) is 12.1 Å². The molecule has 0 aliphatic heterocycles. The van der Waals surface area contributed by atoms with Crippen LogP contribution in [0.4, 0.5) is 0 Å². The maximum atomic E-state index is 12.1. The summed E-state index contributed by atoms with van der Waals surface area (Å²) >= 11 is 0. The Bertz CT molecular complexity index is 632. The zero-order chi connectivity index (χ0) is 19.3. The van der Waals surface area contributed by atoms with E-state index < -0.39 is 24.5 Å². The van der Waals surface area contributed by atoms with Crippen LogP contribution in [0.25, 0.3) is 0 Å². The van der Waals surface area contributed by atoms with Gasteiger partial charge in [0, 0.05) is 6.61 Å². The van der Waals surface area contributed by atoms with E-state index in [-0.39, 0.29) is 16.5 Å². The summed E-state index contributed by atoms with van der Waals surface area (Å²) in [6, 6.07) is 6.43. The highest BCUT2D eigenvalue weighted by atomic mass is 32.2. The van der Waals surface area contributed by atoms with Crippen molar-refractivity contribution >= 4 is 18.4 Å². The molecule has 0 saturated heterocycles. The van der Waals surface area contributed by atoms with E-state index in [2.05, 4.69) is 33.9 Å². The van der Waals surface area contributed by atoms with Crippen LogP contribution in [-0.2, 0) is 18.7 Å². The van der Waals surface area contributed by atoms with Crippen LogP contribution < -0.4 is 0 Å². The largest absolute Gasteiger partial charge is 0.417 e. The molecule has 0 aromatic heterocycles. The zero-order valence-corrected chi connectivity index (χ0v) is 18.0. The molecule has 0 spiro atoms. The predicted octanol–water partition coefficient (Wildman–Crippen LogP) is 3.86. The summed E-state index contributed by atoms with van der Waals surface area (Å²) in [4.78, 5) is 0.103. The van der Waals surface area contributed by atoms with E-state index in [0.29, 0.717) is 19.4 Å². The van der Waals surface area contributed by atoms with Crippen molar-refractivity contribution in [2.24, 2.45) is 0 Å². The summed E-state index contributed by atoms with van der Waals surface area (Å²) in [5.74, 6) is 0. The minimum atomic E-state index is -3.83. The van der Waals surface area contributed by atoms with Crippen LogP contribution in [-0.4, -0.2) is 41.2 Å². The number of rotatable bonds is 9. The number of hydrogen-bond donors (Lipinski definition) is 1. The first kappa shape index (κ1) is 22.3. The molecule has 25 heavy (non-hydrogen) atoms. The molecule has 1 rings (SSSR count). The molecule has 0 heterocycles. The summed E-state index contributed by atoms with van der Waals surface area (Å²) in [6.45, 7) is 13.1. The van der Waals surface area contributed by atoms with E-state index in [9.17, 15) is 13.5 Å². The Kier molecular flexibility index (Phi) is 7.83. The molecule has 0 unspecified atom stereocenters. The Hall–Kier alpha value is -0.733. The topological polar surface area (TPSA) is 72.8 Å². The van der Waals surface area contributed by atoms with Gasteiger partial charge in [-0.15, -0.1) is 0 Å². The molecule has 5 nitrogen and oxygen atoms in total. The van der Waals surface area contributed by atoms with Gasteiger partial charge < -0.3 is 9.53 Å². The second-order valence-corrected chi connectivity index (χ2v) is 14.4. The monoisotopic (exact) mass is 388 g/mol. The quantitative estimate of drug-likeness (QED) is 0.395. The van der Waals surface area contributed by atoms with Gasteiger partial charge in [0.05, 0.1) is 17.6 Å². The molecule has 1 aromatic rings. The molecular formula is C18H32O5SSi. The van der Waals surface area contributed by atoms with Crippen molar-refractivity contribution in [3.05, 3.63) is 29.8 Å². The fourth-order valence-corrected chi connectivity index (χ4v) is 3.92. The van der Waals surface area contributed by atoms with Gasteiger partial charge in [0.1, 0.15) is 0 Å². The molecule has 0 saturated carbocycles. The Balaban J connectivity index is 2.38. The first-order valence-corrected chi connectivity index (χ1v) is 12.9. The van der Waals surface area contributed by atoms with Crippen LogP contribution >= 0.6 is 0 Å². The Morgan fingerprint density at radius 2 is 1.72 bits per heavy atom. The van der Waals surface area contributed by atoms with E-state index in [1.807, 2.05) is 6.92 Å². The molecule has 0 amide bonds. The third-order valence-corrected chi connectivity index (χ3v) is 10.5. The van der Waals surface area contributed by atoms with Gasteiger partial charge in [0.25, 0.3) is 10.1 Å². The molecule has 0 aliphatic carbocycles. The second-order valence-electron chi connectivity index (χ2n) is 7.96. The van der Waals surface area contributed by atoms with Gasteiger partial charge in [-0.2, -0.15) is 8.42 Å². The third-order valence-electron chi connectivity index (χ3n) is 4.68. The first-order chi connectivity index (χ1) is 11.3. The lowest BCUT2D eigenvalue weighted by Crippen LogP contribution is -2.41. The van der Waals surface area contributed by atoms with Gasteiger partial charge in [-0.25, -0.2) is 0 Å². The smallest absolute Gasteiger partial charge is 0.297 e. The minimum Gasteiger partial charge on any atom is -0.417 e. The molecular weight excluding hydrogens is 356 g/mol. The van der Waals surface area contributed by atoms with Gasteiger partial charge in [-0.3, -0.25) is 4.18 Å². The number of hydrogen-bond acceptors (Lipinski definition) is 5. The van der Waals surface area contributed by atoms with Gasteiger partial charge in [-0.05, 0) is 50.0 Å². The maximum absolute atomic E-state index is 12.1. The summed E-state index contributed by atoms with van der Waals surface area (Å²) in [6.07, 6.45) is 0.280. The Labute approximate surface area is 153 Å². The van der Waals surface area contributed by atoms with E-state index in [1.54, 1.807) is 12.1 Å². The first-order valence-electron chi connectivity index (χ1n) is 8.63. The van der Waals surface area contributed by atoms with Crippen molar-refractivity contribution in [2.75, 3.05) is 13.2 Å². The normalized spacial score (nSPS) is 14.5. The number of aryl methyl sites for hydroxylation is 1. The van der Waals surface area contributed by atoms with Crippen LogP contribution in [0, 0.1) is 6.92 Å². The molecule has 0 radical (unpaired) electrons. The highest BCUT2D eigenvalue weighted by Gasteiger charge is 2.36. The highest BCUT2D eigenvalue weighted by molar-refractivity contribution is 7.86. The van der Waals surface area contributed by atoms with Gasteiger partial charge in [0.2, 0.25) is 0 Å². The van der Waals surface area contributed by atoms with Crippen molar-refractivity contribution in [3.8, 4) is 0 Å². The summed E-state index contributed by atoms with van der Waals surface area (Å²) in [5, 5.41) is 10.1.